The number of hydrogen-bond donors (Lipinski definition) is 0. The van der Waals surface area contributed by atoms with Gasteiger partial charge in [0.2, 0.25) is 0 Å². The summed E-state index contributed by atoms with van der Waals surface area (Å²) in [5, 5.41) is -0.567. The van der Waals surface area contributed by atoms with Crippen molar-refractivity contribution in [3.8, 4) is 5.75 Å². The number of halogens is 2. The Labute approximate surface area is 79.3 Å². The van der Waals surface area contributed by atoms with Gasteiger partial charge in [0.1, 0.15) is 10.9 Å². The maximum Gasteiger partial charge on any atom is 0.255 e. The largest absolute Gasteiger partial charge is 0.495 e. The lowest BCUT2D eigenvalue weighted by Crippen LogP contribution is -1.94. The molecular formula is C7H5Cl2NO2. The Morgan fingerprint density at radius 2 is 2.33 bits per heavy atom. The summed E-state index contributed by atoms with van der Waals surface area (Å²) >= 11 is 10.8. The molecule has 0 aliphatic rings. The van der Waals surface area contributed by atoms with Crippen LogP contribution in [0.25, 0.3) is 0 Å². The van der Waals surface area contributed by atoms with Crippen LogP contribution < -0.4 is 4.74 Å². The molecular weight excluding hydrogens is 201 g/mol. The molecule has 3 nitrogen and oxygen atoms in total. The lowest BCUT2D eigenvalue weighted by atomic mass is 10.3. The third kappa shape index (κ3) is 1.87. The van der Waals surface area contributed by atoms with Crippen molar-refractivity contribution in [2.45, 2.75) is 0 Å². The highest BCUT2D eigenvalue weighted by molar-refractivity contribution is 6.68. The number of pyridine rings is 1. The molecule has 0 aliphatic heterocycles. The Kier molecular flexibility index (Phi) is 2.89. The molecule has 0 unspecified atom stereocenters. The normalized spacial score (nSPS) is 9.58. The number of nitrogens with zero attached hydrogens (tertiary/aromatic N) is 1. The summed E-state index contributed by atoms with van der Waals surface area (Å²) < 4.78 is 4.83. The number of rotatable bonds is 2. The molecule has 0 amide bonds. The predicted octanol–water partition coefficient (Wildman–Crippen LogP) is 2.12. The van der Waals surface area contributed by atoms with Crippen LogP contribution in [0.1, 0.15) is 10.4 Å². The van der Waals surface area contributed by atoms with Crippen molar-refractivity contribution >= 4 is 28.4 Å². The van der Waals surface area contributed by atoms with Crippen molar-refractivity contribution in [3.05, 3.63) is 23.0 Å². The van der Waals surface area contributed by atoms with Gasteiger partial charge in [-0.15, -0.1) is 0 Å². The van der Waals surface area contributed by atoms with Gasteiger partial charge in [-0.2, -0.15) is 0 Å². The third-order valence-corrected chi connectivity index (χ3v) is 1.77. The molecule has 64 valence electrons. The maximum absolute atomic E-state index is 10.7. The topological polar surface area (TPSA) is 39.2 Å². The van der Waals surface area contributed by atoms with Gasteiger partial charge in [-0.1, -0.05) is 11.6 Å². The van der Waals surface area contributed by atoms with Crippen LogP contribution >= 0.6 is 23.2 Å². The van der Waals surface area contributed by atoms with Crippen LogP contribution in [-0.2, 0) is 0 Å². The van der Waals surface area contributed by atoms with Gasteiger partial charge in [-0.05, 0) is 17.7 Å². The van der Waals surface area contributed by atoms with Crippen LogP contribution in [0, 0.1) is 0 Å². The second-order valence-corrected chi connectivity index (χ2v) is 2.69. The molecule has 12 heavy (non-hydrogen) atoms. The number of carbonyl (C=O) groups excluding carboxylic acids is 1. The van der Waals surface area contributed by atoms with Crippen LogP contribution in [0.4, 0.5) is 0 Å². The molecule has 0 bridgehead atoms. The van der Waals surface area contributed by atoms with E-state index in [9.17, 15) is 4.79 Å². The molecule has 0 N–H and O–H groups in total. The predicted molar refractivity (Wildman–Crippen MR) is 46.0 cm³/mol. The molecule has 1 aromatic heterocycles. The minimum absolute atomic E-state index is 0.0794. The number of ether oxygens (including phenoxy) is 1. The molecule has 0 saturated heterocycles. The average Bonchev–Trinajstić information content (AvgIpc) is 2.05. The summed E-state index contributed by atoms with van der Waals surface area (Å²) in [6.45, 7) is 0. The van der Waals surface area contributed by atoms with Crippen molar-refractivity contribution < 1.29 is 9.53 Å². The van der Waals surface area contributed by atoms with Crippen LogP contribution in [0.3, 0.4) is 0 Å². The van der Waals surface area contributed by atoms with E-state index >= 15 is 0 Å². The van der Waals surface area contributed by atoms with Gasteiger partial charge >= 0.3 is 0 Å². The van der Waals surface area contributed by atoms with Gasteiger partial charge in [0, 0.05) is 0 Å². The van der Waals surface area contributed by atoms with E-state index in [1.54, 1.807) is 0 Å². The second kappa shape index (κ2) is 3.74. The lowest BCUT2D eigenvalue weighted by molar-refractivity contribution is 0.108. The SMILES string of the molecule is COc1cnc(Cl)c(C(=O)Cl)c1. The Morgan fingerprint density at radius 1 is 1.67 bits per heavy atom. The van der Waals surface area contributed by atoms with Gasteiger partial charge in [0.05, 0.1) is 18.9 Å². The molecule has 0 aromatic carbocycles. The molecule has 0 aliphatic carbocycles. The summed E-state index contributed by atoms with van der Waals surface area (Å²) in [5.74, 6) is 0.448. The fourth-order valence-electron chi connectivity index (χ4n) is 0.678. The highest BCUT2D eigenvalue weighted by Crippen LogP contribution is 2.20. The summed E-state index contributed by atoms with van der Waals surface area (Å²) in [5.41, 5.74) is 0.151. The Morgan fingerprint density at radius 3 is 2.83 bits per heavy atom. The van der Waals surface area contributed by atoms with Gasteiger partial charge in [0.25, 0.3) is 5.24 Å². The second-order valence-electron chi connectivity index (χ2n) is 1.99. The van der Waals surface area contributed by atoms with Crippen molar-refractivity contribution in [2.24, 2.45) is 0 Å². The summed E-state index contributed by atoms with van der Waals surface area (Å²) in [6.07, 6.45) is 1.41. The van der Waals surface area contributed by atoms with Crippen LogP contribution in [-0.4, -0.2) is 17.3 Å². The van der Waals surface area contributed by atoms with Crippen LogP contribution in [0.5, 0.6) is 5.75 Å². The van der Waals surface area contributed by atoms with E-state index in [0.717, 1.165) is 0 Å². The van der Waals surface area contributed by atoms with E-state index in [1.165, 1.54) is 19.4 Å². The smallest absolute Gasteiger partial charge is 0.255 e. The highest BCUT2D eigenvalue weighted by Gasteiger charge is 2.09. The first kappa shape index (κ1) is 9.29. The molecule has 1 heterocycles. The summed E-state index contributed by atoms with van der Waals surface area (Å²) in [7, 11) is 1.47. The number of methoxy groups -OCH3 is 1. The zero-order valence-corrected chi connectivity index (χ0v) is 7.69. The van der Waals surface area contributed by atoms with E-state index in [4.69, 9.17) is 27.9 Å². The molecule has 1 rings (SSSR count). The Bertz CT molecular complexity index is 314. The van der Waals surface area contributed by atoms with E-state index in [-0.39, 0.29) is 10.7 Å². The zero-order valence-electron chi connectivity index (χ0n) is 6.17. The molecule has 0 atom stereocenters. The molecule has 0 saturated carbocycles. The van der Waals surface area contributed by atoms with Crippen molar-refractivity contribution in [3.63, 3.8) is 0 Å². The van der Waals surface area contributed by atoms with E-state index in [1.807, 2.05) is 0 Å². The minimum atomic E-state index is -0.647. The van der Waals surface area contributed by atoms with Gasteiger partial charge in [-0.3, -0.25) is 4.79 Å². The number of hydrogen-bond acceptors (Lipinski definition) is 3. The number of carbonyl (C=O) groups is 1. The molecule has 0 fully saturated rings. The van der Waals surface area contributed by atoms with E-state index < -0.39 is 5.24 Å². The average molecular weight is 206 g/mol. The third-order valence-electron chi connectivity index (χ3n) is 1.26. The van der Waals surface area contributed by atoms with Crippen molar-refractivity contribution in [1.29, 1.82) is 0 Å². The lowest BCUT2D eigenvalue weighted by Gasteiger charge is -2.01. The number of aromatic nitrogens is 1. The highest BCUT2D eigenvalue weighted by atomic mass is 35.5. The standard InChI is InChI=1S/C7H5Cl2NO2/c1-12-4-2-5(7(9)11)6(8)10-3-4/h2-3H,1H3. The first-order chi connectivity index (χ1) is 5.65. The minimum Gasteiger partial charge on any atom is -0.495 e. The van der Waals surface area contributed by atoms with Crippen LogP contribution in [0.15, 0.2) is 12.3 Å². The zero-order chi connectivity index (χ0) is 9.14. The van der Waals surface area contributed by atoms with Gasteiger partial charge < -0.3 is 4.74 Å². The van der Waals surface area contributed by atoms with Crippen molar-refractivity contribution in [2.75, 3.05) is 7.11 Å². The summed E-state index contributed by atoms with van der Waals surface area (Å²) in [6, 6.07) is 1.44. The molecule has 0 radical (unpaired) electrons. The fraction of sp³-hybridized carbons (Fsp3) is 0.143. The molecule has 5 heteroatoms. The summed E-state index contributed by atoms with van der Waals surface area (Å²) in [4.78, 5) is 14.4. The van der Waals surface area contributed by atoms with Crippen molar-refractivity contribution in [1.82, 2.24) is 4.98 Å². The molecule has 1 aromatic rings. The van der Waals surface area contributed by atoms with E-state index in [2.05, 4.69) is 4.98 Å². The monoisotopic (exact) mass is 205 g/mol. The maximum atomic E-state index is 10.7. The van der Waals surface area contributed by atoms with Gasteiger partial charge in [0.15, 0.2) is 0 Å². The first-order valence-corrected chi connectivity index (χ1v) is 3.80. The first-order valence-electron chi connectivity index (χ1n) is 3.04. The van der Waals surface area contributed by atoms with Crippen LogP contribution in [0.2, 0.25) is 5.15 Å². The Balaban J connectivity index is 3.17. The quantitative estimate of drug-likeness (QED) is 0.549. The van der Waals surface area contributed by atoms with E-state index in [0.29, 0.717) is 5.75 Å². The Hall–Kier alpha value is -0.800. The molecule has 0 spiro atoms. The fourth-order valence-corrected chi connectivity index (χ4v) is 1.06. The van der Waals surface area contributed by atoms with Gasteiger partial charge in [-0.25, -0.2) is 4.98 Å².